The molecule has 39 heavy (non-hydrogen) atoms. The van der Waals surface area contributed by atoms with Gasteiger partial charge in [-0.15, -0.1) is 0 Å². The summed E-state index contributed by atoms with van der Waals surface area (Å²) in [6.07, 6.45) is -1.25. The molecule has 2 N–H and O–H groups in total. The minimum atomic E-state index is -4.64. The molecule has 0 radical (unpaired) electrons. The third-order valence-electron chi connectivity index (χ3n) is 6.12. The Hall–Kier alpha value is -3.26. The molecule has 14 heteroatoms. The third-order valence-corrected chi connectivity index (χ3v) is 10.1. The summed E-state index contributed by atoms with van der Waals surface area (Å²) in [7, 11) is -8.08. The van der Waals surface area contributed by atoms with Crippen molar-refractivity contribution in [3.8, 4) is 5.75 Å². The van der Waals surface area contributed by atoms with E-state index >= 15 is 4.39 Å². The third kappa shape index (κ3) is 5.31. The monoisotopic (exact) mass is 600 g/mol. The highest BCUT2D eigenvalue weighted by Crippen LogP contribution is 2.41. The first-order chi connectivity index (χ1) is 18.3. The number of fused-ring (bicyclic) bond motifs is 1. The summed E-state index contributed by atoms with van der Waals surface area (Å²) in [5.41, 5.74) is -0.282. The van der Waals surface area contributed by atoms with Crippen LogP contribution >= 0.6 is 11.6 Å². The zero-order chi connectivity index (χ0) is 28.7. The van der Waals surface area contributed by atoms with Gasteiger partial charge in [0, 0.05) is 5.56 Å². The van der Waals surface area contributed by atoms with E-state index in [4.69, 9.17) is 16.3 Å². The quantitative estimate of drug-likeness (QED) is 0.422. The number of nitrogens with one attached hydrogen (secondary N) is 1. The number of anilines is 1. The molecule has 0 fully saturated rings. The highest BCUT2D eigenvalue weighted by Gasteiger charge is 2.42. The Labute approximate surface area is 228 Å². The van der Waals surface area contributed by atoms with Crippen molar-refractivity contribution in [3.05, 3.63) is 82.4 Å². The molecular weight excluding hydrogens is 578 g/mol. The average Bonchev–Trinajstić information content (AvgIpc) is 2.89. The van der Waals surface area contributed by atoms with Gasteiger partial charge < -0.3 is 15.2 Å². The molecule has 3 aromatic carbocycles. The lowest BCUT2D eigenvalue weighted by Crippen LogP contribution is -2.46. The van der Waals surface area contributed by atoms with Crippen molar-refractivity contribution >= 4 is 43.1 Å². The van der Waals surface area contributed by atoms with Gasteiger partial charge in [0.05, 0.1) is 34.0 Å². The van der Waals surface area contributed by atoms with Gasteiger partial charge in [-0.2, -0.15) is 0 Å². The summed E-state index contributed by atoms with van der Waals surface area (Å²) >= 11 is 5.75. The number of aliphatic hydroxyl groups is 1. The van der Waals surface area contributed by atoms with E-state index in [1.807, 2.05) is 0 Å². The van der Waals surface area contributed by atoms with Crippen molar-refractivity contribution in [3.63, 3.8) is 0 Å². The molecule has 1 unspecified atom stereocenters. The topological polar surface area (TPSA) is 130 Å². The summed E-state index contributed by atoms with van der Waals surface area (Å²) in [5, 5.41) is 11.9. The Morgan fingerprint density at radius 2 is 1.82 bits per heavy atom. The summed E-state index contributed by atoms with van der Waals surface area (Å²) in [4.78, 5) is 12.1. The summed E-state index contributed by atoms with van der Waals surface area (Å²) in [6, 6.07) is 9.98. The maximum atomic E-state index is 15.2. The fraction of sp³-hybridized carbons (Fsp3) is 0.240. The predicted octanol–water partition coefficient (Wildman–Crippen LogP) is 3.81. The highest BCUT2D eigenvalue weighted by molar-refractivity contribution is 7.93. The molecule has 1 aliphatic heterocycles. The largest absolute Gasteiger partial charge is 0.468 e. The van der Waals surface area contributed by atoms with Crippen LogP contribution in [0.4, 0.5) is 14.5 Å². The van der Waals surface area contributed by atoms with Gasteiger partial charge in [-0.05, 0) is 55.0 Å². The molecule has 0 aromatic heterocycles. The number of ether oxygens (including phenoxy) is 1. The molecule has 0 saturated heterocycles. The SMILES string of the molecule is CCS(=O)(=O)c1ccc(C(CO)NC(=O)c2ccc(N3[C@H](C)Oc4ccc(Cl)c(F)c4S3(=O)=O)c(F)c2)cc1. The molecule has 2 atom stereocenters. The second kappa shape index (κ2) is 10.7. The van der Waals surface area contributed by atoms with Crippen LogP contribution in [-0.4, -0.2) is 46.4 Å². The van der Waals surface area contributed by atoms with E-state index in [1.165, 1.54) is 44.2 Å². The van der Waals surface area contributed by atoms with Crippen LogP contribution in [0.1, 0.15) is 35.8 Å². The summed E-state index contributed by atoms with van der Waals surface area (Å²) < 4.78 is 86.4. The van der Waals surface area contributed by atoms with Crippen molar-refractivity contribution in [2.24, 2.45) is 0 Å². The Morgan fingerprint density at radius 3 is 2.41 bits per heavy atom. The zero-order valence-corrected chi connectivity index (χ0v) is 22.9. The van der Waals surface area contributed by atoms with Gasteiger partial charge >= 0.3 is 0 Å². The standard InChI is InChI=1S/C25H23ClF2N2O7S2/c1-3-38(33,34)17-7-4-15(5-8-17)20(13-31)29-25(32)16-6-10-21(19(27)12-16)30-14(2)37-22-11-9-18(26)23(28)24(22)39(30,35)36/h4-12,14,20,31H,3,13H2,1-2H3,(H,29,32)/t14-,20?/m0/s1. The van der Waals surface area contributed by atoms with Gasteiger partial charge in [0.25, 0.3) is 15.9 Å². The van der Waals surface area contributed by atoms with E-state index in [-0.39, 0.29) is 22.0 Å². The molecule has 0 bridgehead atoms. The van der Waals surface area contributed by atoms with Crippen LogP contribution < -0.4 is 14.4 Å². The van der Waals surface area contributed by atoms with Gasteiger partial charge in [0.1, 0.15) is 11.6 Å². The van der Waals surface area contributed by atoms with E-state index in [0.717, 1.165) is 24.3 Å². The lowest BCUT2D eigenvalue weighted by Gasteiger charge is -2.35. The minimum Gasteiger partial charge on any atom is -0.468 e. The predicted molar refractivity (Wildman–Crippen MR) is 139 cm³/mol. The molecule has 0 saturated carbocycles. The Kier molecular flexibility index (Phi) is 7.90. The summed E-state index contributed by atoms with van der Waals surface area (Å²) in [6.45, 7) is 2.29. The van der Waals surface area contributed by atoms with E-state index in [0.29, 0.717) is 9.87 Å². The number of hydrogen-bond donors (Lipinski definition) is 2. The summed E-state index contributed by atoms with van der Waals surface area (Å²) in [5.74, 6) is -3.50. The number of carbonyl (C=O) groups excluding carboxylic acids is 1. The number of hydrogen-bond acceptors (Lipinski definition) is 7. The maximum absolute atomic E-state index is 15.2. The molecule has 4 rings (SSSR count). The second-order valence-corrected chi connectivity index (χ2v) is 13.0. The van der Waals surface area contributed by atoms with Gasteiger partial charge in [-0.25, -0.2) is 29.9 Å². The van der Waals surface area contributed by atoms with E-state index in [9.17, 15) is 31.1 Å². The second-order valence-electron chi connectivity index (χ2n) is 8.55. The van der Waals surface area contributed by atoms with Crippen molar-refractivity contribution in [1.29, 1.82) is 0 Å². The van der Waals surface area contributed by atoms with Crippen LogP contribution in [0.25, 0.3) is 0 Å². The highest BCUT2D eigenvalue weighted by atomic mass is 35.5. The first kappa shape index (κ1) is 28.7. The van der Waals surface area contributed by atoms with E-state index in [1.54, 1.807) is 0 Å². The first-order valence-corrected chi connectivity index (χ1v) is 15.0. The molecule has 0 aliphatic carbocycles. The zero-order valence-electron chi connectivity index (χ0n) is 20.6. The van der Waals surface area contributed by atoms with Crippen LogP contribution in [0.2, 0.25) is 5.02 Å². The van der Waals surface area contributed by atoms with Crippen molar-refractivity contribution in [2.45, 2.75) is 35.9 Å². The Bertz CT molecular complexity index is 1650. The lowest BCUT2D eigenvalue weighted by molar-refractivity contribution is 0.0915. The fourth-order valence-corrected chi connectivity index (χ4v) is 6.92. The molecule has 3 aromatic rings. The van der Waals surface area contributed by atoms with Crippen LogP contribution in [0.5, 0.6) is 5.75 Å². The lowest BCUT2D eigenvalue weighted by atomic mass is 10.1. The van der Waals surface area contributed by atoms with Gasteiger partial charge in [-0.3, -0.25) is 4.79 Å². The number of sulfone groups is 1. The molecule has 1 amide bonds. The number of aliphatic hydroxyl groups excluding tert-OH is 1. The fourth-order valence-electron chi connectivity index (χ4n) is 4.08. The number of benzene rings is 3. The molecular formula is C25H23ClF2N2O7S2. The van der Waals surface area contributed by atoms with E-state index < -0.39 is 71.9 Å². The van der Waals surface area contributed by atoms with Crippen molar-refractivity contribution in [2.75, 3.05) is 16.7 Å². The van der Waals surface area contributed by atoms with Crippen LogP contribution in [0.15, 0.2) is 64.4 Å². The number of carbonyl (C=O) groups is 1. The van der Waals surface area contributed by atoms with Crippen LogP contribution in [0, 0.1) is 11.6 Å². The average molecular weight is 601 g/mol. The normalized spacial score (nSPS) is 17.2. The molecule has 1 aliphatic rings. The maximum Gasteiger partial charge on any atom is 0.274 e. The van der Waals surface area contributed by atoms with Gasteiger partial charge in [0.2, 0.25) is 0 Å². The van der Waals surface area contributed by atoms with Crippen LogP contribution in [0.3, 0.4) is 0 Å². The number of rotatable bonds is 7. The number of amides is 1. The minimum absolute atomic E-state index is 0.0880. The molecule has 0 spiro atoms. The Balaban J connectivity index is 1.60. The number of nitrogens with zero attached hydrogens (tertiary/aromatic N) is 1. The number of halogens is 3. The van der Waals surface area contributed by atoms with E-state index in [2.05, 4.69) is 5.32 Å². The van der Waals surface area contributed by atoms with Crippen molar-refractivity contribution in [1.82, 2.24) is 5.32 Å². The van der Waals surface area contributed by atoms with Crippen LogP contribution in [-0.2, 0) is 19.9 Å². The van der Waals surface area contributed by atoms with Crippen molar-refractivity contribution < 1.29 is 40.3 Å². The molecule has 1 heterocycles. The molecule has 9 nitrogen and oxygen atoms in total. The molecule has 208 valence electrons. The van der Waals surface area contributed by atoms with Gasteiger partial charge in [0.15, 0.2) is 26.8 Å². The first-order valence-electron chi connectivity index (χ1n) is 11.5. The number of sulfonamides is 1. The van der Waals surface area contributed by atoms with Gasteiger partial charge in [-0.1, -0.05) is 30.7 Å². The smallest absolute Gasteiger partial charge is 0.274 e. The Morgan fingerprint density at radius 1 is 1.15 bits per heavy atom.